The first-order valence-corrected chi connectivity index (χ1v) is 15.3. The first kappa shape index (κ1) is 30.2. The van der Waals surface area contributed by atoms with Gasteiger partial charge in [0.05, 0.1) is 33.5 Å². The maximum atomic E-state index is 9.73. The number of benzene rings is 3. The molecular weight excluding hydrogens is 528 g/mol. The molecule has 0 unspecified atom stereocenters. The normalized spacial score (nSPS) is 17.2. The molecule has 7 nitrogen and oxygen atoms in total. The molecule has 2 heterocycles. The second-order valence-corrected chi connectivity index (χ2v) is 11.5. The van der Waals surface area contributed by atoms with Crippen LogP contribution < -0.4 is 18.9 Å². The lowest BCUT2D eigenvalue weighted by Crippen LogP contribution is -2.32. The number of β-amino-alcohol motifs (C(OH)–C–C–N with tert-alkyl or cyclic N) is 1. The van der Waals surface area contributed by atoms with Crippen molar-refractivity contribution >= 4 is 0 Å². The van der Waals surface area contributed by atoms with E-state index in [9.17, 15) is 5.11 Å². The summed E-state index contributed by atoms with van der Waals surface area (Å²) in [5, 5.41) is 9.73. The monoisotopic (exact) mass is 574 g/mol. The van der Waals surface area contributed by atoms with E-state index in [-0.39, 0.29) is 6.10 Å². The van der Waals surface area contributed by atoms with Gasteiger partial charge in [0.2, 0.25) is 0 Å². The molecule has 3 aromatic rings. The van der Waals surface area contributed by atoms with Crippen LogP contribution in [-0.4, -0.2) is 81.2 Å². The van der Waals surface area contributed by atoms with Crippen molar-refractivity contribution in [1.82, 2.24) is 9.80 Å². The smallest absolute Gasteiger partial charge is 0.161 e. The molecule has 0 aromatic heterocycles. The fraction of sp³-hybridized carbons (Fsp3) is 0.486. The predicted molar refractivity (Wildman–Crippen MR) is 167 cm³/mol. The van der Waals surface area contributed by atoms with Crippen molar-refractivity contribution in [2.75, 3.05) is 60.2 Å². The second-order valence-electron chi connectivity index (χ2n) is 11.5. The molecule has 226 valence electrons. The summed E-state index contributed by atoms with van der Waals surface area (Å²) in [5.41, 5.74) is 7.32. The van der Waals surface area contributed by atoms with Crippen molar-refractivity contribution in [2.45, 2.75) is 52.2 Å². The number of methoxy groups -OCH3 is 2. The average Bonchev–Trinajstić information content (AvgIpc) is 3.43. The van der Waals surface area contributed by atoms with E-state index in [1.807, 2.05) is 0 Å². The molecule has 1 N–H and O–H groups in total. The number of aliphatic hydroxyl groups excluding tert-OH is 1. The molecule has 42 heavy (non-hydrogen) atoms. The Balaban J connectivity index is 1.13. The summed E-state index contributed by atoms with van der Waals surface area (Å²) < 4.78 is 23.5. The minimum Gasteiger partial charge on any atom is -0.493 e. The molecule has 5 rings (SSSR count). The van der Waals surface area contributed by atoms with Crippen LogP contribution in [0.5, 0.6) is 23.0 Å². The van der Waals surface area contributed by atoms with Crippen molar-refractivity contribution in [2.24, 2.45) is 0 Å². The Morgan fingerprint density at radius 3 is 1.86 bits per heavy atom. The fourth-order valence-electron chi connectivity index (χ4n) is 6.21. The summed E-state index contributed by atoms with van der Waals surface area (Å²) in [6.07, 6.45) is 3.64. The third-order valence-corrected chi connectivity index (χ3v) is 8.66. The van der Waals surface area contributed by atoms with Gasteiger partial charge >= 0.3 is 0 Å². The van der Waals surface area contributed by atoms with E-state index in [1.165, 1.54) is 22.3 Å². The molecular formula is C35H46N2O5. The van der Waals surface area contributed by atoms with Gasteiger partial charge in [0, 0.05) is 39.3 Å². The third-order valence-electron chi connectivity index (χ3n) is 8.66. The fourth-order valence-corrected chi connectivity index (χ4v) is 6.21. The van der Waals surface area contributed by atoms with Crippen molar-refractivity contribution in [3.05, 3.63) is 70.8 Å². The maximum absolute atomic E-state index is 9.73. The third kappa shape index (κ3) is 7.20. The number of rotatable bonds is 13. The highest BCUT2D eigenvalue weighted by molar-refractivity contribution is 5.74. The van der Waals surface area contributed by atoms with Crippen LogP contribution in [0.1, 0.15) is 41.5 Å². The van der Waals surface area contributed by atoms with Gasteiger partial charge in [0.25, 0.3) is 0 Å². The molecule has 1 atom stereocenters. The SMILES string of the molecule is COc1cc2c(cc1OC)CN(CCCOc1cccc(-c3cccc(OCCCN4CC[C@@H](O)C4)c3C)c1C)CC2. The highest BCUT2D eigenvalue weighted by Crippen LogP contribution is 2.36. The van der Waals surface area contributed by atoms with Gasteiger partial charge in [0.15, 0.2) is 11.5 Å². The van der Waals surface area contributed by atoms with Crippen LogP contribution in [0.25, 0.3) is 11.1 Å². The number of nitrogens with zero attached hydrogens (tertiary/aromatic N) is 2. The Morgan fingerprint density at radius 2 is 1.31 bits per heavy atom. The second kappa shape index (κ2) is 14.3. The van der Waals surface area contributed by atoms with Crippen molar-refractivity contribution in [3.63, 3.8) is 0 Å². The van der Waals surface area contributed by atoms with Gasteiger partial charge in [0.1, 0.15) is 11.5 Å². The minimum atomic E-state index is -0.170. The maximum Gasteiger partial charge on any atom is 0.161 e. The van der Waals surface area contributed by atoms with Gasteiger partial charge in [-0.2, -0.15) is 0 Å². The van der Waals surface area contributed by atoms with Crippen LogP contribution >= 0.6 is 0 Å². The molecule has 3 aromatic carbocycles. The van der Waals surface area contributed by atoms with E-state index in [2.05, 4.69) is 72.2 Å². The van der Waals surface area contributed by atoms with Crippen LogP contribution in [0.2, 0.25) is 0 Å². The lowest BCUT2D eigenvalue weighted by Gasteiger charge is -2.29. The van der Waals surface area contributed by atoms with Gasteiger partial charge in [-0.05, 0) is 97.2 Å². The number of fused-ring (bicyclic) bond motifs is 1. The van der Waals surface area contributed by atoms with Crippen LogP contribution in [0, 0.1) is 13.8 Å². The van der Waals surface area contributed by atoms with E-state index in [0.29, 0.717) is 13.2 Å². The lowest BCUT2D eigenvalue weighted by molar-refractivity contribution is 0.173. The summed E-state index contributed by atoms with van der Waals surface area (Å²) >= 11 is 0. The molecule has 2 aliphatic rings. The molecule has 1 fully saturated rings. The first-order valence-electron chi connectivity index (χ1n) is 15.3. The standard InChI is InChI=1S/C35H46N2O5/c1-25-30(31-10-6-12-33(26(31)2)42-20-8-16-37-18-14-29(38)24-37)9-5-11-32(25)41-19-7-15-36-17-13-27-21-34(39-3)35(40-4)22-28(27)23-36/h5-6,9-12,21-22,29,38H,7-8,13-20,23-24H2,1-4H3/t29-/m1/s1. The van der Waals surface area contributed by atoms with Crippen molar-refractivity contribution < 1.29 is 24.1 Å². The number of hydrogen-bond donors (Lipinski definition) is 1. The van der Waals surface area contributed by atoms with Gasteiger partial charge < -0.3 is 29.0 Å². The summed E-state index contributed by atoms with van der Waals surface area (Å²) in [5.74, 6) is 3.47. The Kier molecular flexibility index (Phi) is 10.3. The van der Waals surface area contributed by atoms with Gasteiger partial charge in [-0.15, -0.1) is 0 Å². The summed E-state index contributed by atoms with van der Waals surface area (Å²) in [6, 6.07) is 16.9. The highest BCUT2D eigenvalue weighted by Gasteiger charge is 2.21. The predicted octanol–water partition coefficient (Wildman–Crippen LogP) is 5.65. The Hall–Kier alpha value is -3.26. The van der Waals surface area contributed by atoms with E-state index in [1.54, 1.807) is 14.2 Å². The Morgan fingerprint density at radius 1 is 0.738 bits per heavy atom. The Labute approximate surface area is 251 Å². The molecule has 1 saturated heterocycles. The summed E-state index contributed by atoms with van der Waals surface area (Å²) in [7, 11) is 3.38. The quantitative estimate of drug-likeness (QED) is 0.265. The number of likely N-dealkylation sites (tertiary alicyclic amines) is 1. The molecule has 0 amide bonds. The zero-order valence-electron chi connectivity index (χ0n) is 25.7. The number of hydrogen-bond acceptors (Lipinski definition) is 7. The summed E-state index contributed by atoms with van der Waals surface area (Å²) in [4.78, 5) is 4.80. The van der Waals surface area contributed by atoms with Gasteiger partial charge in [-0.1, -0.05) is 24.3 Å². The van der Waals surface area contributed by atoms with E-state index >= 15 is 0 Å². The van der Waals surface area contributed by atoms with Crippen LogP contribution in [0.4, 0.5) is 0 Å². The van der Waals surface area contributed by atoms with Crippen LogP contribution in [-0.2, 0) is 13.0 Å². The van der Waals surface area contributed by atoms with E-state index < -0.39 is 0 Å². The van der Waals surface area contributed by atoms with Crippen molar-refractivity contribution in [1.29, 1.82) is 0 Å². The van der Waals surface area contributed by atoms with Crippen LogP contribution in [0.3, 0.4) is 0 Å². The zero-order valence-corrected chi connectivity index (χ0v) is 25.7. The molecule has 0 saturated carbocycles. The van der Waals surface area contributed by atoms with Crippen molar-refractivity contribution in [3.8, 4) is 34.1 Å². The first-order chi connectivity index (χ1) is 20.5. The molecule has 0 radical (unpaired) electrons. The molecule has 0 aliphatic carbocycles. The van der Waals surface area contributed by atoms with Gasteiger partial charge in [-0.25, -0.2) is 0 Å². The molecule has 2 aliphatic heterocycles. The molecule has 7 heteroatoms. The topological polar surface area (TPSA) is 63.6 Å². The zero-order chi connectivity index (χ0) is 29.5. The average molecular weight is 575 g/mol. The van der Waals surface area contributed by atoms with E-state index in [0.717, 1.165) is 99.1 Å². The van der Waals surface area contributed by atoms with Gasteiger partial charge in [-0.3, -0.25) is 4.90 Å². The highest BCUT2D eigenvalue weighted by atomic mass is 16.5. The van der Waals surface area contributed by atoms with Crippen LogP contribution in [0.15, 0.2) is 48.5 Å². The summed E-state index contributed by atoms with van der Waals surface area (Å²) in [6.45, 7) is 11.3. The molecule has 0 spiro atoms. The number of ether oxygens (including phenoxy) is 4. The number of aliphatic hydroxyl groups is 1. The van der Waals surface area contributed by atoms with E-state index in [4.69, 9.17) is 18.9 Å². The largest absolute Gasteiger partial charge is 0.493 e. The lowest BCUT2D eigenvalue weighted by atomic mass is 9.95. The minimum absolute atomic E-state index is 0.170. The molecule has 0 bridgehead atoms. The Bertz CT molecular complexity index is 1340.